The van der Waals surface area contributed by atoms with E-state index in [-0.39, 0.29) is 6.79 Å². The van der Waals surface area contributed by atoms with E-state index in [0.717, 1.165) is 40.6 Å². The van der Waals surface area contributed by atoms with Crippen molar-refractivity contribution in [2.75, 3.05) is 6.79 Å². The maximum atomic E-state index is 10.7. The van der Waals surface area contributed by atoms with Crippen molar-refractivity contribution >= 4 is 22.0 Å². The molecule has 3 rings (SSSR count). The molecule has 18 heavy (non-hydrogen) atoms. The summed E-state index contributed by atoms with van der Waals surface area (Å²) in [6, 6.07) is 1.95. The molecule has 1 aliphatic heterocycles. The average molecular weight is 310 g/mol. The summed E-state index contributed by atoms with van der Waals surface area (Å²) in [5.74, 6) is 1.45. The molecule has 1 heterocycles. The first-order valence-electron chi connectivity index (χ1n) is 5.86. The summed E-state index contributed by atoms with van der Waals surface area (Å²) >= 11 is 3.57. The van der Waals surface area contributed by atoms with E-state index in [0.29, 0.717) is 5.75 Å². The lowest BCUT2D eigenvalue weighted by Gasteiger charge is -2.39. The lowest BCUT2D eigenvalue weighted by atomic mass is 9.71. The van der Waals surface area contributed by atoms with Crippen LogP contribution < -0.4 is 9.47 Å². The van der Waals surface area contributed by atoms with Gasteiger partial charge in [0.1, 0.15) is 0 Å². The van der Waals surface area contributed by atoms with E-state index in [4.69, 9.17) is 9.47 Å². The zero-order valence-electron chi connectivity index (χ0n) is 9.96. The summed E-state index contributed by atoms with van der Waals surface area (Å²) in [5, 5.41) is 0. The van der Waals surface area contributed by atoms with Crippen LogP contribution in [0.2, 0.25) is 0 Å². The molecule has 94 valence electrons. The molecular weight excluding hydrogens is 298 g/mol. The smallest absolute Gasteiger partial charge is 0.235 e. The molecule has 0 saturated heterocycles. The standard InChI is InChI=1S/C13H12BrNO3/c1-8-5-9-12(18-7-17-9)11(14)10(8)13(15-6-16)3-2-4-13/h5H,2-4,7H2,1H3. The average Bonchev–Trinajstić information content (AvgIpc) is 2.73. The zero-order chi connectivity index (χ0) is 12.8. The number of halogens is 1. The third-order valence-electron chi connectivity index (χ3n) is 3.71. The van der Waals surface area contributed by atoms with Crippen LogP contribution in [-0.4, -0.2) is 12.9 Å². The van der Waals surface area contributed by atoms with Crippen LogP contribution in [0.1, 0.15) is 30.4 Å². The summed E-state index contributed by atoms with van der Waals surface area (Å²) in [4.78, 5) is 14.7. The summed E-state index contributed by atoms with van der Waals surface area (Å²) < 4.78 is 11.7. The molecule has 1 aromatic rings. The Bertz CT molecular complexity index is 560. The third kappa shape index (κ3) is 1.51. The van der Waals surface area contributed by atoms with Gasteiger partial charge in [-0.05, 0) is 53.7 Å². The predicted octanol–water partition coefficient (Wildman–Crippen LogP) is 3.20. The first-order valence-corrected chi connectivity index (χ1v) is 6.65. The molecular formula is C13H12BrNO3. The van der Waals surface area contributed by atoms with Crippen LogP contribution in [0.5, 0.6) is 11.5 Å². The van der Waals surface area contributed by atoms with Crippen molar-refractivity contribution in [3.05, 3.63) is 21.7 Å². The summed E-state index contributed by atoms with van der Waals surface area (Å²) in [5.41, 5.74) is 1.66. The Morgan fingerprint density at radius 1 is 1.44 bits per heavy atom. The van der Waals surface area contributed by atoms with E-state index in [1.54, 1.807) is 6.08 Å². The molecule has 0 spiro atoms. The maximum Gasteiger partial charge on any atom is 0.235 e. The number of benzene rings is 1. The lowest BCUT2D eigenvalue weighted by molar-refractivity contribution is 0.173. The van der Waals surface area contributed by atoms with Crippen LogP contribution >= 0.6 is 15.9 Å². The highest BCUT2D eigenvalue weighted by atomic mass is 79.9. The van der Waals surface area contributed by atoms with E-state index in [1.807, 2.05) is 13.0 Å². The number of isocyanates is 1. The van der Waals surface area contributed by atoms with Crippen LogP contribution in [0, 0.1) is 6.92 Å². The van der Waals surface area contributed by atoms with Gasteiger partial charge in [-0.3, -0.25) is 0 Å². The van der Waals surface area contributed by atoms with Crippen molar-refractivity contribution < 1.29 is 14.3 Å². The van der Waals surface area contributed by atoms with E-state index >= 15 is 0 Å². The largest absolute Gasteiger partial charge is 0.454 e. The van der Waals surface area contributed by atoms with Crippen molar-refractivity contribution in [1.29, 1.82) is 0 Å². The van der Waals surface area contributed by atoms with Crippen LogP contribution in [-0.2, 0) is 10.3 Å². The van der Waals surface area contributed by atoms with E-state index < -0.39 is 5.54 Å². The SMILES string of the molecule is Cc1cc2c(c(Br)c1C1(N=C=O)CCC1)OCO2. The minimum Gasteiger partial charge on any atom is -0.454 e. The van der Waals surface area contributed by atoms with E-state index in [2.05, 4.69) is 20.9 Å². The molecule has 0 radical (unpaired) electrons. The minimum absolute atomic E-state index is 0.237. The Hall–Kier alpha value is -1.32. The number of rotatable bonds is 2. The van der Waals surface area contributed by atoms with Gasteiger partial charge in [0.05, 0.1) is 10.0 Å². The monoisotopic (exact) mass is 309 g/mol. The van der Waals surface area contributed by atoms with Gasteiger partial charge < -0.3 is 9.47 Å². The van der Waals surface area contributed by atoms with Crippen molar-refractivity contribution in [2.45, 2.75) is 31.7 Å². The van der Waals surface area contributed by atoms with Gasteiger partial charge in [-0.1, -0.05) is 0 Å². The van der Waals surface area contributed by atoms with Gasteiger partial charge in [0, 0.05) is 5.56 Å². The molecule has 0 aromatic heterocycles. The van der Waals surface area contributed by atoms with Gasteiger partial charge in [0.25, 0.3) is 0 Å². The molecule has 0 atom stereocenters. The molecule has 5 heteroatoms. The fourth-order valence-electron chi connectivity index (χ4n) is 2.71. The van der Waals surface area contributed by atoms with Crippen LogP contribution in [0.15, 0.2) is 15.5 Å². The Kier molecular flexibility index (Phi) is 2.68. The fraction of sp³-hybridized carbons (Fsp3) is 0.462. The second-order valence-electron chi connectivity index (χ2n) is 4.70. The molecule has 1 fully saturated rings. The van der Waals surface area contributed by atoms with Crippen molar-refractivity contribution in [1.82, 2.24) is 0 Å². The highest BCUT2D eigenvalue weighted by Crippen LogP contribution is 2.53. The Labute approximate surface area is 113 Å². The van der Waals surface area contributed by atoms with Gasteiger partial charge >= 0.3 is 0 Å². The van der Waals surface area contributed by atoms with Gasteiger partial charge in [-0.2, -0.15) is 4.99 Å². The number of ether oxygens (including phenoxy) is 2. The second kappa shape index (κ2) is 4.11. The Morgan fingerprint density at radius 2 is 2.22 bits per heavy atom. The zero-order valence-corrected chi connectivity index (χ0v) is 11.5. The Balaban J connectivity index is 2.20. The quantitative estimate of drug-likeness (QED) is 0.622. The maximum absolute atomic E-state index is 10.7. The lowest BCUT2D eigenvalue weighted by Crippen LogP contribution is -2.33. The molecule has 0 unspecified atom stereocenters. The van der Waals surface area contributed by atoms with Gasteiger partial charge in [0.15, 0.2) is 11.5 Å². The Morgan fingerprint density at radius 3 is 2.83 bits per heavy atom. The van der Waals surface area contributed by atoms with Gasteiger partial charge in [0.2, 0.25) is 12.9 Å². The van der Waals surface area contributed by atoms with E-state index in [1.165, 1.54) is 0 Å². The molecule has 0 N–H and O–H groups in total. The van der Waals surface area contributed by atoms with Crippen LogP contribution in [0.25, 0.3) is 0 Å². The normalized spacial score (nSPS) is 19.0. The first-order chi connectivity index (χ1) is 8.68. The number of carbonyl (C=O) groups excluding carboxylic acids is 1. The number of nitrogens with zero attached hydrogens (tertiary/aromatic N) is 1. The highest BCUT2D eigenvalue weighted by Gasteiger charge is 2.43. The molecule has 0 bridgehead atoms. The summed E-state index contributed by atoms with van der Waals surface area (Å²) in [6.45, 7) is 2.24. The minimum atomic E-state index is -0.425. The summed E-state index contributed by atoms with van der Waals surface area (Å²) in [7, 11) is 0. The van der Waals surface area contributed by atoms with E-state index in [9.17, 15) is 4.79 Å². The van der Waals surface area contributed by atoms with Crippen molar-refractivity contribution in [3.8, 4) is 11.5 Å². The summed E-state index contributed by atoms with van der Waals surface area (Å²) in [6.07, 6.45) is 4.54. The molecule has 2 aliphatic rings. The molecule has 4 nitrogen and oxygen atoms in total. The number of hydrogen-bond acceptors (Lipinski definition) is 4. The fourth-order valence-corrected chi connectivity index (χ4v) is 3.70. The topological polar surface area (TPSA) is 47.9 Å². The second-order valence-corrected chi connectivity index (χ2v) is 5.50. The first kappa shape index (κ1) is 11.8. The van der Waals surface area contributed by atoms with Crippen molar-refractivity contribution in [2.24, 2.45) is 4.99 Å². The van der Waals surface area contributed by atoms with Crippen LogP contribution in [0.3, 0.4) is 0 Å². The van der Waals surface area contributed by atoms with Crippen LogP contribution in [0.4, 0.5) is 0 Å². The number of fused-ring (bicyclic) bond motifs is 1. The third-order valence-corrected chi connectivity index (χ3v) is 4.46. The molecule has 1 aliphatic carbocycles. The predicted molar refractivity (Wildman–Crippen MR) is 68.7 cm³/mol. The molecule has 1 saturated carbocycles. The highest BCUT2D eigenvalue weighted by molar-refractivity contribution is 9.10. The number of hydrogen-bond donors (Lipinski definition) is 0. The molecule has 1 aromatic carbocycles. The molecule has 0 amide bonds. The van der Waals surface area contributed by atoms with Crippen molar-refractivity contribution in [3.63, 3.8) is 0 Å². The van der Waals surface area contributed by atoms with Gasteiger partial charge in [-0.25, -0.2) is 4.79 Å². The number of aliphatic imine (C=N–C) groups is 1. The number of aryl methyl sites for hydroxylation is 1. The van der Waals surface area contributed by atoms with Gasteiger partial charge in [-0.15, -0.1) is 0 Å².